The fourth-order valence-corrected chi connectivity index (χ4v) is 2.00. The van der Waals surface area contributed by atoms with Gasteiger partial charge in [-0.1, -0.05) is 6.42 Å². The molecule has 0 saturated carbocycles. The summed E-state index contributed by atoms with van der Waals surface area (Å²) in [5, 5.41) is 7.84. The Morgan fingerprint density at radius 3 is 3.07 bits per heavy atom. The molecule has 14 heavy (non-hydrogen) atoms. The van der Waals surface area contributed by atoms with Gasteiger partial charge in [0.05, 0.1) is 12.2 Å². The minimum Gasteiger partial charge on any atom is -0.384 e. The normalized spacial score (nSPS) is 22.5. The summed E-state index contributed by atoms with van der Waals surface area (Å²) in [6, 6.07) is 2.47. The molecular weight excluding hydrogens is 176 g/mol. The van der Waals surface area contributed by atoms with Crippen LogP contribution >= 0.6 is 0 Å². The van der Waals surface area contributed by atoms with Gasteiger partial charge >= 0.3 is 0 Å². The molecule has 0 radical (unpaired) electrons. The van der Waals surface area contributed by atoms with Crippen molar-refractivity contribution < 1.29 is 0 Å². The first-order chi connectivity index (χ1) is 6.75. The molecule has 1 aliphatic heterocycles. The lowest BCUT2D eigenvalue weighted by molar-refractivity contribution is 0.352. The monoisotopic (exact) mass is 194 g/mol. The van der Waals surface area contributed by atoms with E-state index in [1.807, 2.05) is 17.7 Å². The largest absolute Gasteiger partial charge is 0.384 e. The van der Waals surface area contributed by atoms with E-state index in [1.165, 1.54) is 19.3 Å². The molecule has 0 bridgehead atoms. The Hall–Kier alpha value is -1.03. The Morgan fingerprint density at radius 1 is 1.64 bits per heavy atom. The summed E-state index contributed by atoms with van der Waals surface area (Å²) in [7, 11) is 0. The van der Waals surface area contributed by atoms with Crippen LogP contribution in [0.15, 0.2) is 6.07 Å². The third-order valence-electron chi connectivity index (χ3n) is 2.74. The number of nitrogens with zero attached hydrogens (tertiary/aromatic N) is 2. The van der Waals surface area contributed by atoms with E-state index in [4.69, 9.17) is 5.73 Å². The van der Waals surface area contributed by atoms with Crippen molar-refractivity contribution >= 4 is 5.82 Å². The van der Waals surface area contributed by atoms with E-state index in [-0.39, 0.29) is 0 Å². The Kier molecular flexibility index (Phi) is 2.72. The standard InChI is InChI=1S/C10H18N4/c1-8-6-10(11)14(13-8)7-9-4-2-3-5-12-9/h6,9,12H,2-5,7,11H2,1H3/t9-/m1/s1. The Bertz CT molecular complexity index is 299. The summed E-state index contributed by atoms with van der Waals surface area (Å²) in [5.41, 5.74) is 6.83. The van der Waals surface area contributed by atoms with E-state index < -0.39 is 0 Å². The third-order valence-corrected chi connectivity index (χ3v) is 2.74. The number of nitrogens with one attached hydrogen (secondary N) is 1. The van der Waals surface area contributed by atoms with Crippen LogP contribution in [0.4, 0.5) is 5.82 Å². The Morgan fingerprint density at radius 2 is 2.50 bits per heavy atom. The van der Waals surface area contributed by atoms with E-state index in [1.54, 1.807) is 0 Å². The quantitative estimate of drug-likeness (QED) is 0.736. The van der Waals surface area contributed by atoms with Gasteiger partial charge < -0.3 is 11.1 Å². The van der Waals surface area contributed by atoms with Gasteiger partial charge in [0.25, 0.3) is 0 Å². The first-order valence-corrected chi connectivity index (χ1v) is 5.29. The molecule has 0 unspecified atom stereocenters. The predicted molar refractivity (Wildman–Crippen MR) is 57.0 cm³/mol. The Labute approximate surface area is 84.5 Å². The minimum absolute atomic E-state index is 0.547. The maximum atomic E-state index is 5.83. The highest BCUT2D eigenvalue weighted by atomic mass is 15.3. The van der Waals surface area contributed by atoms with Crippen molar-refractivity contribution in [2.45, 2.75) is 38.8 Å². The average molecular weight is 194 g/mol. The number of aryl methyl sites for hydroxylation is 1. The second-order valence-corrected chi connectivity index (χ2v) is 4.04. The number of nitrogens with two attached hydrogens (primary N) is 1. The van der Waals surface area contributed by atoms with Crippen molar-refractivity contribution in [2.75, 3.05) is 12.3 Å². The molecule has 78 valence electrons. The van der Waals surface area contributed by atoms with Gasteiger partial charge in [0.1, 0.15) is 5.82 Å². The number of nitrogen functional groups attached to an aromatic ring is 1. The fourth-order valence-electron chi connectivity index (χ4n) is 2.00. The molecule has 1 aromatic rings. The molecule has 1 aromatic heterocycles. The summed E-state index contributed by atoms with van der Waals surface area (Å²) in [6.07, 6.45) is 3.85. The van der Waals surface area contributed by atoms with Crippen LogP contribution in [-0.2, 0) is 6.54 Å². The molecule has 4 nitrogen and oxygen atoms in total. The van der Waals surface area contributed by atoms with Crippen molar-refractivity contribution in [1.29, 1.82) is 0 Å². The van der Waals surface area contributed by atoms with Gasteiger partial charge in [0.15, 0.2) is 0 Å². The molecule has 1 fully saturated rings. The van der Waals surface area contributed by atoms with Crippen LogP contribution in [0.5, 0.6) is 0 Å². The lowest BCUT2D eigenvalue weighted by atomic mass is 10.1. The molecule has 2 heterocycles. The molecule has 4 heteroatoms. The molecule has 1 saturated heterocycles. The number of hydrogen-bond donors (Lipinski definition) is 2. The second-order valence-electron chi connectivity index (χ2n) is 4.04. The third kappa shape index (κ3) is 2.07. The first-order valence-electron chi connectivity index (χ1n) is 5.29. The molecular formula is C10H18N4. The van der Waals surface area contributed by atoms with Gasteiger partial charge in [-0.15, -0.1) is 0 Å². The number of aromatic nitrogens is 2. The average Bonchev–Trinajstić information content (AvgIpc) is 2.47. The van der Waals surface area contributed by atoms with Crippen LogP contribution in [0.1, 0.15) is 25.0 Å². The molecule has 1 atom stereocenters. The van der Waals surface area contributed by atoms with Gasteiger partial charge in [0.2, 0.25) is 0 Å². The molecule has 0 aromatic carbocycles. The van der Waals surface area contributed by atoms with Gasteiger partial charge in [0, 0.05) is 12.1 Å². The highest BCUT2D eigenvalue weighted by molar-refractivity contribution is 5.30. The zero-order valence-electron chi connectivity index (χ0n) is 8.66. The van der Waals surface area contributed by atoms with Gasteiger partial charge in [-0.2, -0.15) is 5.10 Å². The highest BCUT2D eigenvalue weighted by Crippen LogP contribution is 2.11. The maximum Gasteiger partial charge on any atom is 0.121 e. The van der Waals surface area contributed by atoms with Crippen LogP contribution in [0, 0.1) is 6.92 Å². The van der Waals surface area contributed by atoms with Crippen LogP contribution in [-0.4, -0.2) is 22.4 Å². The fraction of sp³-hybridized carbons (Fsp3) is 0.700. The van der Waals surface area contributed by atoms with Crippen LogP contribution < -0.4 is 11.1 Å². The van der Waals surface area contributed by atoms with E-state index in [9.17, 15) is 0 Å². The van der Waals surface area contributed by atoms with Gasteiger partial charge in [-0.3, -0.25) is 0 Å². The molecule has 3 N–H and O–H groups in total. The van der Waals surface area contributed by atoms with E-state index in [0.717, 1.165) is 24.6 Å². The molecule has 0 amide bonds. The van der Waals surface area contributed by atoms with Crippen LogP contribution in [0.2, 0.25) is 0 Å². The zero-order valence-corrected chi connectivity index (χ0v) is 8.66. The SMILES string of the molecule is Cc1cc(N)n(C[C@H]2CCCCN2)n1. The molecule has 1 aliphatic rings. The predicted octanol–water partition coefficient (Wildman–Crippen LogP) is 0.916. The number of piperidine rings is 1. The number of anilines is 1. The van der Waals surface area contributed by atoms with Crippen molar-refractivity contribution in [3.05, 3.63) is 11.8 Å². The molecule has 2 rings (SSSR count). The van der Waals surface area contributed by atoms with Crippen molar-refractivity contribution in [3.8, 4) is 0 Å². The Balaban J connectivity index is 1.98. The lowest BCUT2D eigenvalue weighted by Gasteiger charge is -2.23. The van der Waals surface area contributed by atoms with Gasteiger partial charge in [-0.05, 0) is 26.3 Å². The maximum absolute atomic E-state index is 5.83. The summed E-state index contributed by atoms with van der Waals surface area (Å²) >= 11 is 0. The summed E-state index contributed by atoms with van der Waals surface area (Å²) in [6.45, 7) is 4.01. The van der Waals surface area contributed by atoms with E-state index in [2.05, 4.69) is 10.4 Å². The summed E-state index contributed by atoms with van der Waals surface area (Å²) in [5.74, 6) is 0.773. The van der Waals surface area contributed by atoms with Crippen molar-refractivity contribution in [1.82, 2.24) is 15.1 Å². The van der Waals surface area contributed by atoms with E-state index in [0.29, 0.717) is 6.04 Å². The minimum atomic E-state index is 0.547. The lowest BCUT2D eigenvalue weighted by Crippen LogP contribution is -2.37. The number of rotatable bonds is 2. The van der Waals surface area contributed by atoms with Crippen molar-refractivity contribution in [3.63, 3.8) is 0 Å². The zero-order chi connectivity index (χ0) is 9.97. The smallest absolute Gasteiger partial charge is 0.121 e. The summed E-state index contributed by atoms with van der Waals surface area (Å²) in [4.78, 5) is 0. The molecule has 0 spiro atoms. The van der Waals surface area contributed by atoms with Crippen LogP contribution in [0.3, 0.4) is 0 Å². The van der Waals surface area contributed by atoms with E-state index >= 15 is 0 Å². The summed E-state index contributed by atoms with van der Waals surface area (Å²) < 4.78 is 1.90. The first kappa shape index (κ1) is 9.52. The van der Waals surface area contributed by atoms with Gasteiger partial charge in [-0.25, -0.2) is 4.68 Å². The topological polar surface area (TPSA) is 55.9 Å². The number of hydrogen-bond acceptors (Lipinski definition) is 3. The highest BCUT2D eigenvalue weighted by Gasteiger charge is 2.14. The van der Waals surface area contributed by atoms with Crippen LogP contribution in [0.25, 0.3) is 0 Å². The molecule has 0 aliphatic carbocycles. The second kappa shape index (κ2) is 4.00. The van der Waals surface area contributed by atoms with Crippen molar-refractivity contribution in [2.24, 2.45) is 0 Å².